The number of hydrogen-bond donors (Lipinski definition) is 2. The Hall–Kier alpha value is -3.33. The lowest BCUT2D eigenvalue weighted by molar-refractivity contribution is -0.137. The second kappa shape index (κ2) is 9.20. The van der Waals surface area contributed by atoms with Crippen molar-refractivity contribution in [2.75, 3.05) is 4.90 Å². The third kappa shape index (κ3) is 4.61. The average Bonchev–Trinajstić information content (AvgIpc) is 3.58. The van der Waals surface area contributed by atoms with Gasteiger partial charge in [0.05, 0.1) is 23.8 Å². The number of nitrogens with zero attached hydrogens (tertiary/aromatic N) is 2. The van der Waals surface area contributed by atoms with Crippen LogP contribution in [0.25, 0.3) is 11.1 Å². The third-order valence-electron chi connectivity index (χ3n) is 7.94. The number of alkyl halides is 3. The second-order valence-corrected chi connectivity index (χ2v) is 10.3. The van der Waals surface area contributed by atoms with E-state index in [1.165, 1.54) is 18.3 Å². The number of hydrogen-bond acceptors (Lipinski definition) is 4. The van der Waals surface area contributed by atoms with Gasteiger partial charge in [0.15, 0.2) is 0 Å². The molecule has 2 bridgehead atoms. The van der Waals surface area contributed by atoms with Crippen LogP contribution in [0.1, 0.15) is 71.6 Å². The lowest BCUT2D eigenvalue weighted by Crippen LogP contribution is -2.46. The summed E-state index contributed by atoms with van der Waals surface area (Å²) in [7, 11) is 0. The fourth-order valence-corrected chi connectivity index (χ4v) is 6.07. The van der Waals surface area contributed by atoms with E-state index in [0.717, 1.165) is 61.7 Å². The molecule has 1 aromatic carbocycles. The Bertz CT molecular complexity index is 1290. The predicted octanol–water partition coefficient (Wildman–Crippen LogP) is 6.39. The number of nitrogens with one attached hydrogen (secondary N) is 1. The Balaban J connectivity index is 1.20. The van der Waals surface area contributed by atoms with E-state index in [2.05, 4.69) is 14.9 Å². The summed E-state index contributed by atoms with van der Waals surface area (Å²) in [6, 6.07) is 9.56. The van der Waals surface area contributed by atoms with Crippen LogP contribution in [-0.2, 0) is 17.5 Å². The first-order chi connectivity index (χ1) is 17.8. The van der Waals surface area contributed by atoms with Crippen molar-refractivity contribution in [2.24, 2.45) is 0 Å². The van der Waals surface area contributed by atoms with Crippen LogP contribution in [0, 0.1) is 0 Å². The van der Waals surface area contributed by atoms with E-state index in [1.54, 1.807) is 24.4 Å². The van der Waals surface area contributed by atoms with Crippen molar-refractivity contribution in [3.63, 3.8) is 0 Å². The molecule has 6 nitrogen and oxygen atoms in total. The van der Waals surface area contributed by atoms with E-state index < -0.39 is 17.7 Å². The molecule has 2 N–H and O–H groups in total. The Morgan fingerprint density at radius 1 is 1.05 bits per heavy atom. The van der Waals surface area contributed by atoms with Gasteiger partial charge in [-0.25, -0.2) is 9.78 Å². The number of carboxylic acids is 1. The number of carbonyl (C=O) groups is 1. The molecule has 9 heteroatoms. The molecule has 3 fully saturated rings. The molecule has 3 aromatic rings. The van der Waals surface area contributed by atoms with Crippen LogP contribution in [0.4, 0.5) is 19.0 Å². The van der Waals surface area contributed by atoms with Gasteiger partial charge in [-0.3, -0.25) is 0 Å². The summed E-state index contributed by atoms with van der Waals surface area (Å²) in [5.74, 6) is 0.133. The van der Waals surface area contributed by atoms with Gasteiger partial charge in [0.1, 0.15) is 5.82 Å². The maximum Gasteiger partial charge on any atom is 0.417 e. The molecule has 1 unspecified atom stereocenters. The summed E-state index contributed by atoms with van der Waals surface area (Å²) in [5.41, 5.74) is 2.11. The fraction of sp³-hybridized carbons (Fsp3) is 0.429. The van der Waals surface area contributed by atoms with Crippen LogP contribution in [0.3, 0.4) is 0 Å². The number of aromatic carboxylic acids is 1. The van der Waals surface area contributed by atoms with Crippen LogP contribution in [0.2, 0.25) is 0 Å². The molecule has 2 aliphatic heterocycles. The van der Waals surface area contributed by atoms with Crippen LogP contribution < -0.4 is 4.90 Å². The minimum Gasteiger partial charge on any atom is -0.478 e. The molecule has 0 amide bonds. The number of pyridine rings is 1. The van der Waals surface area contributed by atoms with Crippen molar-refractivity contribution in [2.45, 2.75) is 75.4 Å². The van der Waals surface area contributed by atoms with Gasteiger partial charge in [-0.05, 0) is 68.2 Å². The summed E-state index contributed by atoms with van der Waals surface area (Å²) in [5, 5.41) is 9.15. The number of rotatable bonds is 7. The van der Waals surface area contributed by atoms with Crippen molar-refractivity contribution in [1.82, 2.24) is 9.97 Å². The number of ether oxygens (including phenoxy) is 1. The molecule has 1 saturated carbocycles. The number of aromatic nitrogens is 2. The van der Waals surface area contributed by atoms with Gasteiger partial charge in [-0.2, -0.15) is 13.2 Å². The smallest absolute Gasteiger partial charge is 0.417 e. The van der Waals surface area contributed by atoms with Crippen molar-refractivity contribution in [3.8, 4) is 11.1 Å². The molecule has 3 atom stereocenters. The van der Waals surface area contributed by atoms with Crippen LogP contribution in [-0.4, -0.2) is 39.2 Å². The molecular weight excluding hydrogens is 483 g/mol. The Labute approximate surface area is 212 Å². The molecule has 1 aliphatic carbocycles. The summed E-state index contributed by atoms with van der Waals surface area (Å²) in [6.45, 7) is 0.270. The Morgan fingerprint density at radius 3 is 2.41 bits per heavy atom. The average molecular weight is 512 g/mol. The molecule has 2 saturated heterocycles. The van der Waals surface area contributed by atoms with Gasteiger partial charge < -0.3 is 19.7 Å². The second-order valence-electron chi connectivity index (χ2n) is 10.3. The normalized spacial score (nSPS) is 23.4. The van der Waals surface area contributed by atoms with Gasteiger partial charge >= 0.3 is 12.1 Å². The van der Waals surface area contributed by atoms with E-state index in [1.807, 2.05) is 0 Å². The van der Waals surface area contributed by atoms with Gasteiger partial charge in [0.25, 0.3) is 0 Å². The van der Waals surface area contributed by atoms with Gasteiger partial charge in [0, 0.05) is 41.3 Å². The first-order valence-electron chi connectivity index (χ1n) is 12.8. The maximum absolute atomic E-state index is 13.8. The molecule has 6 rings (SSSR count). The van der Waals surface area contributed by atoms with E-state index in [9.17, 15) is 18.0 Å². The largest absolute Gasteiger partial charge is 0.478 e. The minimum absolute atomic E-state index is 0.000272. The number of fused-ring (bicyclic) bond motifs is 2. The van der Waals surface area contributed by atoms with Crippen LogP contribution in [0.15, 0.2) is 48.8 Å². The molecule has 37 heavy (non-hydrogen) atoms. The highest BCUT2D eigenvalue weighted by Crippen LogP contribution is 2.46. The highest BCUT2D eigenvalue weighted by Gasteiger charge is 2.42. The molecular formula is C28H28F3N3O3. The molecule has 0 spiro atoms. The van der Waals surface area contributed by atoms with Crippen molar-refractivity contribution < 1.29 is 27.8 Å². The lowest BCUT2D eigenvalue weighted by Gasteiger charge is -2.39. The molecule has 194 valence electrons. The zero-order valence-electron chi connectivity index (χ0n) is 20.2. The van der Waals surface area contributed by atoms with Crippen molar-refractivity contribution in [1.29, 1.82) is 0 Å². The first kappa shape index (κ1) is 24.0. The highest BCUT2D eigenvalue weighted by molar-refractivity contribution is 5.87. The minimum atomic E-state index is -4.44. The molecule has 2 aromatic heterocycles. The SMILES string of the molecule is O=C(O)c1ccc(N2[C@@H]3CC[C@H]2CC(OCc2c(-c4ccccc4C(F)(F)F)c[nH]c2C2CC2)C3)nc1. The highest BCUT2D eigenvalue weighted by atomic mass is 19.4. The number of benzene rings is 1. The predicted molar refractivity (Wildman–Crippen MR) is 132 cm³/mol. The Kier molecular flexibility index (Phi) is 5.98. The third-order valence-corrected chi connectivity index (χ3v) is 7.94. The molecule has 3 aliphatic rings. The van der Waals surface area contributed by atoms with Crippen LogP contribution in [0.5, 0.6) is 0 Å². The van der Waals surface area contributed by atoms with Gasteiger partial charge in [-0.1, -0.05) is 18.2 Å². The zero-order valence-corrected chi connectivity index (χ0v) is 20.2. The monoisotopic (exact) mass is 511 g/mol. The Morgan fingerprint density at radius 2 is 1.78 bits per heavy atom. The fourth-order valence-electron chi connectivity index (χ4n) is 6.07. The summed E-state index contributed by atoms with van der Waals surface area (Å²) in [4.78, 5) is 21.1. The number of aromatic amines is 1. The zero-order chi connectivity index (χ0) is 25.7. The molecule has 4 heterocycles. The number of carboxylic acid groups (broad SMARTS) is 1. The van der Waals surface area contributed by atoms with Crippen molar-refractivity contribution >= 4 is 11.8 Å². The summed E-state index contributed by atoms with van der Waals surface area (Å²) in [6.07, 6.45) is 4.35. The quantitative estimate of drug-likeness (QED) is 0.385. The number of H-pyrrole nitrogens is 1. The van der Waals surface area contributed by atoms with Crippen LogP contribution >= 0.6 is 0 Å². The maximum atomic E-state index is 13.8. The summed E-state index contributed by atoms with van der Waals surface area (Å²) >= 11 is 0. The van der Waals surface area contributed by atoms with E-state index in [4.69, 9.17) is 9.84 Å². The van der Waals surface area contributed by atoms with Crippen molar-refractivity contribution in [3.05, 3.63) is 71.2 Å². The van der Waals surface area contributed by atoms with Gasteiger partial charge in [0.2, 0.25) is 0 Å². The van der Waals surface area contributed by atoms with E-state index >= 15 is 0 Å². The first-order valence-corrected chi connectivity index (χ1v) is 12.8. The number of halogens is 3. The lowest BCUT2D eigenvalue weighted by atomic mass is 9.96. The molecule has 0 radical (unpaired) electrons. The number of piperidine rings is 1. The van der Waals surface area contributed by atoms with E-state index in [0.29, 0.717) is 11.5 Å². The van der Waals surface area contributed by atoms with E-state index in [-0.39, 0.29) is 35.9 Å². The standard InChI is InChI=1S/C28H28F3N3O3/c29-28(30,31)24-4-2-1-3-21(24)22-14-33-26(16-5-6-16)23(22)15-37-20-11-18-8-9-19(12-20)34(18)25-10-7-17(13-32-25)27(35)36/h1-4,7,10,13-14,16,18-20,33H,5-6,8-9,11-12,15H2,(H,35,36)/t18-,19+,20?. The topological polar surface area (TPSA) is 78.5 Å². The number of anilines is 1. The van der Waals surface area contributed by atoms with Gasteiger partial charge in [-0.15, -0.1) is 0 Å². The summed E-state index contributed by atoms with van der Waals surface area (Å²) < 4.78 is 47.7.